The van der Waals surface area contributed by atoms with Gasteiger partial charge in [0.15, 0.2) is 0 Å². The summed E-state index contributed by atoms with van der Waals surface area (Å²) in [4.78, 5) is 40.3. The maximum Gasteiger partial charge on any atom is 0.256 e. The Kier molecular flexibility index (Phi) is 7.41. The van der Waals surface area contributed by atoms with Crippen LogP contribution in [-0.2, 0) is 9.59 Å². The van der Waals surface area contributed by atoms with Crippen LogP contribution in [0.4, 0.5) is 5.69 Å². The fraction of sp³-hybridized carbons (Fsp3) is 0.550. The molecule has 1 saturated heterocycles. The van der Waals surface area contributed by atoms with E-state index < -0.39 is 0 Å². The number of benzene rings is 1. The average Bonchev–Trinajstić information content (AvgIpc) is 2.59. The molecule has 7 heteroatoms. The summed E-state index contributed by atoms with van der Waals surface area (Å²) in [6, 6.07) is 5.26. The van der Waals surface area contributed by atoms with Gasteiger partial charge in [-0.05, 0) is 36.5 Å². The minimum absolute atomic E-state index is 0.0747. The van der Waals surface area contributed by atoms with Gasteiger partial charge >= 0.3 is 0 Å². The number of likely N-dealkylation sites (tertiary alicyclic amines) is 1. The highest BCUT2D eigenvalue weighted by Gasteiger charge is 2.27. The first-order valence-corrected chi connectivity index (χ1v) is 10.1. The Hall–Kier alpha value is -1.89. The summed E-state index contributed by atoms with van der Waals surface area (Å²) in [5.74, 6) is 0.463. The van der Waals surface area contributed by atoms with E-state index >= 15 is 0 Å². The maximum absolute atomic E-state index is 13.1. The quantitative estimate of drug-likeness (QED) is 0.767. The highest BCUT2D eigenvalue weighted by molar-refractivity contribution is 9.10. The van der Waals surface area contributed by atoms with Crippen molar-refractivity contribution in [3.05, 3.63) is 28.2 Å². The standard InChI is InChI=1S/C20H28BrN3O3/c1-13-9-14(2)12-24(11-13)20(27)16-10-15(21)5-6-17(16)22-18(25)7-8-19(26)23(3)4/h5-6,10,13-14H,7-9,11-12H2,1-4H3,(H,22,25)/t13-,14+. The van der Waals surface area contributed by atoms with E-state index in [2.05, 4.69) is 35.1 Å². The van der Waals surface area contributed by atoms with Gasteiger partial charge in [0.1, 0.15) is 0 Å². The van der Waals surface area contributed by atoms with Gasteiger partial charge in [-0.25, -0.2) is 0 Å². The number of carbonyl (C=O) groups excluding carboxylic acids is 3. The van der Waals surface area contributed by atoms with Crippen LogP contribution in [0, 0.1) is 11.8 Å². The van der Waals surface area contributed by atoms with Crippen LogP contribution in [0.5, 0.6) is 0 Å². The molecule has 0 bridgehead atoms. The zero-order valence-corrected chi connectivity index (χ0v) is 18.0. The molecule has 0 aromatic heterocycles. The Morgan fingerprint density at radius 1 is 1.15 bits per heavy atom. The van der Waals surface area contributed by atoms with Crippen LogP contribution >= 0.6 is 15.9 Å². The van der Waals surface area contributed by atoms with Crippen LogP contribution in [0.3, 0.4) is 0 Å². The van der Waals surface area contributed by atoms with Gasteiger partial charge < -0.3 is 15.1 Å². The lowest BCUT2D eigenvalue weighted by Gasteiger charge is -2.35. The van der Waals surface area contributed by atoms with Gasteiger partial charge in [0.25, 0.3) is 5.91 Å². The van der Waals surface area contributed by atoms with Gasteiger partial charge in [0.2, 0.25) is 11.8 Å². The van der Waals surface area contributed by atoms with E-state index in [4.69, 9.17) is 0 Å². The summed E-state index contributed by atoms with van der Waals surface area (Å²) in [5.41, 5.74) is 0.953. The smallest absolute Gasteiger partial charge is 0.256 e. The minimum atomic E-state index is -0.276. The van der Waals surface area contributed by atoms with Crippen LogP contribution < -0.4 is 5.32 Å². The number of piperidine rings is 1. The molecule has 0 aliphatic carbocycles. The zero-order valence-electron chi connectivity index (χ0n) is 16.4. The molecular weight excluding hydrogens is 410 g/mol. The topological polar surface area (TPSA) is 69.7 Å². The van der Waals surface area contributed by atoms with Gasteiger partial charge in [-0.15, -0.1) is 0 Å². The van der Waals surface area contributed by atoms with Crippen LogP contribution in [0.1, 0.15) is 43.5 Å². The van der Waals surface area contributed by atoms with E-state index in [9.17, 15) is 14.4 Å². The summed E-state index contributed by atoms with van der Waals surface area (Å²) < 4.78 is 0.782. The Morgan fingerprint density at radius 3 is 2.37 bits per heavy atom. The van der Waals surface area contributed by atoms with E-state index in [0.29, 0.717) is 23.1 Å². The van der Waals surface area contributed by atoms with Crippen molar-refractivity contribution in [2.24, 2.45) is 11.8 Å². The van der Waals surface area contributed by atoms with Gasteiger partial charge in [-0.3, -0.25) is 14.4 Å². The van der Waals surface area contributed by atoms with Crippen LogP contribution in [0.25, 0.3) is 0 Å². The van der Waals surface area contributed by atoms with E-state index in [1.165, 1.54) is 4.90 Å². The number of anilines is 1. The van der Waals surface area contributed by atoms with Gasteiger partial charge in [0.05, 0.1) is 11.3 Å². The second-order valence-electron chi connectivity index (χ2n) is 7.68. The molecule has 1 aliphatic heterocycles. The third kappa shape index (κ3) is 6.06. The van der Waals surface area contributed by atoms with Gasteiger partial charge in [0, 0.05) is 44.5 Å². The minimum Gasteiger partial charge on any atom is -0.349 e. The monoisotopic (exact) mass is 437 g/mol. The second-order valence-corrected chi connectivity index (χ2v) is 8.60. The Balaban J connectivity index is 2.13. The Bertz CT molecular complexity index is 710. The second kappa shape index (κ2) is 9.35. The first-order chi connectivity index (χ1) is 12.7. The van der Waals surface area contributed by atoms with Crippen LogP contribution in [0.15, 0.2) is 22.7 Å². The lowest BCUT2D eigenvalue weighted by molar-refractivity contribution is -0.130. The number of hydrogen-bond acceptors (Lipinski definition) is 3. The SMILES string of the molecule is C[C@@H]1C[C@H](C)CN(C(=O)c2cc(Br)ccc2NC(=O)CCC(=O)N(C)C)C1. The predicted molar refractivity (Wildman–Crippen MR) is 110 cm³/mol. The van der Waals surface area contributed by atoms with E-state index in [1.54, 1.807) is 32.3 Å². The summed E-state index contributed by atoms with van der Waals surface area (Å²) in [6.45, 7) is 5.75. The molecule has 1 N–H and O–H groups in total. The molecule has 0 radical (unpaired) electrons. The number of carbonyl (C=O) groups is 3. The Morgan fingerprint density at radius 2 is 1.78 bits per heavy atom. The molecule has 0 unspecified atom stereocenters. The van der Waals surface area contributed by atoms with Gasteiger partial charge in [-0.2, -0.15) is 0 Å². The number of rotatable bonds is 5. The predicted octanol–water partition coefficient (Wildman–Crippen LogP) is 3.37. The first kappa shape index (κ1) is 21.4. The van der Waals surface area contributed by atoms with Crippen molar-refractivity contribution >= 4 is 39.3 Å². The van der Waals surface area contributed by atoms with E-state index in [-0.39, 0.29) is 30.6 Å². The number of amides is 3. The van der Waals surface area contributed by atoms with Crippen molar-refractivity contribution < 1.29 is 14.4 Å². The molecule has 1 heterocycles. The molecule has 0 spiro atoms. The molecule has 2 atom stereocenters. The maximum atomic E-state index is 13.1. The summed E-state index contributed by atoms with van der Waals surface area (Å²) in [5, 5.41) is 2.80. The lowest BCUT2D eigenvalue weighted by Crippen LogP contribution is -2.42. The molecule has 148 valence electrons. The van der Waals surface area contributed by atoms with Crippen molar-refractivity contribution in [1.82, 2.24) is 9.80 Å². The van der Waals surface area contributed by atoms with Crippen molar-refractivity contribution in [1.29, 1.82) is 0 Å². The fourth-order valence-corrected chi connectivity index (χ4v) is 3.82. The Labute approximate surface area is 169 Å². The molecule has 6 nitrogen and oxygen atoms in total. The molecule has 0 saturated carbocycles. The van der Waals surface area contributed by atoms with Crippen LogP contribution in [-0.4, -0.2) is 54.7 Å². The molecule has 1 aromatic rings. The van der Waals surface area contributed by atoms with E-state index in [0.717, 1.165) is 24.0 Å². The zero-order chi connectivity index (χ0) is 20.1. The van der Waals surface area contributed by atoms with Crippen LogP contribution in [0.2, 0.25) is 0 Å². The molecule has 2 rings (SSSR count). The van der Waals surface area contributed by atoms with E-state index in [1.807, 2.05) is 4.90 Å². The van der Waals surface area contributed by atoms with Crippen molar-refractivity contribution in [3.63, 3.8) is 0 Å². The fourth-order valence-electron chi connectivity index (χ4n) is 3.46. The molecular formula is C20H28BrN3O3. The average molecular weight is 438 g/mol. The third-order valence-electron chi connectivity index (χ3n) is 4.71. The highest BCUT2D eigenvalue weighted by atomic mass is 79.9. The number of halogens is 1. The largest absolute Gasteiger partial charge is 0.349 e. The molecule has 1 fully saturated rings. The number of hydrogen-bond donors (Lipinski definition) is 1. The van der Waals surface area contributed by atoms with Gasteiger partial charge in [-0.1, -0.05) is 29.8 Å². The van der Waals surface area contributed by atoms with Crippen molar-refractivity contribution in [2.45, 2.75) is 33.1 Å². The lowest BCUT2D eigenvalue weighted by atomic mass is 9.91. The van der Waals surface area contributed by atoms with Crippen molar-refractivity contribution in [2.75, 3.05) is 32.5 Å². The molecule has 27 heavy (non-hydrogen) atoms. The highest BCUT2D eigenvalue weighted by Crippen LogP contribution is 2.27. The number of nitrogens with zero attached hydrogens (tertiary/aromatic N) is 2. The molecule has 1 aromatic carbocycles. The molecule has 1 aliphatic rings. The summed E-state index contributed by atoms with van der Waals surface area (Å²) in [6.07, 6.45) is 1.34. The summed E-state index contributed by atoms with van der Waals surface area (Å²) >= 11 is 3.41. The number of nitrogens with one attached hydrogen (secondary N) is 1. The summed E-state index contributed by atoms with van der Waals surface area (Å²) in [7, 11) is 3.32. The van der Waals surface area contributed by atoms with Crippen molar-refractivity contribution in [3.8, 4) is 0 Å². The normalized spacial score (nSPS) is 19.5. The first-order valence-electron chi connectivity index (χ1n) is 9.26. The molecule has 3 amide bonds. The third-order valence-corrected chi connectivity index (χ3v) is 5.20.